The third-order valence-electron chi connectivity index (χ3n) is 6.03. The van der Waals surface area contributed by atoms with Crippen molar-refractivity contribution in [3.63, 3.8) is 0 Å². The number of carbonyl (C=O) groups excluding carboxylic acids is 2. The van der Waals surface area contributed by atoms with Crippen LogP contribution in [0.4, 0.5) is 11.4 Å². The molecule has 1 aliphatic rings. The number of rotatable bonds is 10. The van der Waals surface area contributed by atoms with Gasteiger partial charge < -0.3 is 15.0 Å². The van der Waals surface area contributed by atoms with Gasteiger partial charge >= 0.3 is 0 Å². The number of hydrogen-bond donors (Lipinski definition) is 2. The minimum absolute atomic E-state index is 0.0197. The van der Waals surface area contributed by atoms with Gasteiger partial charge in [-0.25, -0.2) is 13.6 Å². The first kappa shape index (κ1) is 27.2. The fraction of sp³-hybridized carbons (Fsp3) is 0.222. The topological polar surface area (TPSA) is 122 Å². The van der Waals surface area contributed by atoms with Crippen molar-refractivity contribution in [1.29, 1.82) is 0 Å². The Labute approximate surface area is 227 Å². The van der Waals surface area contributed by atoms with Crippen molar-refractivity contribution in [2.24, 2.45) is 5.14 Å². The summed E-state index contributed by atoms with van der Waals surface area (Å²) in [5.41, 5.74) is 2.02. The molecule has 2 amide bonds. The second-order valence-electron chi connectivity index (χ2n) is 8.65. The van der Waals surface area contributed by atoms with Crippen LogP contribution in [0.1, 0.15) is 18.9 Å². The molecule has 3 N–H and O–H groups in total. The molecule has 1 heterocycles. The van der Waals surface area contributed by atoms with Crippen LogP contribution in [0.25, 0.3) is 0 Å². The molecule has 0 unspecified atom stereocenters. The Hall–Kier alpha value is -3.80. The van der Waals surface area contributed by atoms with Gasteiger partial charge in [0.2, 0.25) is 15.9 Å². The molecule has 0 aliphatic carbocycles. The molecule has 3 aromatic carbocycles. The van der Waals surface area contributed by atoms with Gasteiger partial charge in [0.15, 0.2) is 5.11 Å². The van der Waals surface area contributed by atoms with E-state index >= 15 is 0 Å². The lowest BCUT2D eigenvalue weighted by Crippen LogP contribution is -2.39. The number of benzene rings is 3. The number of nitrogens with two attached hydrogens (primary N) is 1. The minimum atomic E-state index is -3.79. The van der Waals surface area contributed by atoms with Crippen LogP contribution in [0.15, 0.2) is 83.8 Å². The highest BCUT2D eigenvalue weighted by Gasteiger charge is 2.43. The number of thiocarbonyl (C=S) groups is 1. The quantitative estimate of drug-likeness (QED) is 0.370. The number of carbonyl (C=O) groups is 2. The molecule has 38 heavy (non-hydrogen) atoms. The standard InChI is InChI=1S/C27H28N4O5S2/c1-2-36-22-10-6-7-20(17-22)29-25(32)18-24-26(33)31(21-8-4-3-5-9-21)27(37)30(24)16-15-19-11-13-23(14-12-19)38(28,34)35/h3-14,17,24H,2,15-16,18H2,1H3,(H,29,32)(H2,28,34,35)/t24-/m0/s1. The summed E-state index contributed by atoms with van der Waals surface area (Å²) in [5.74, 6) is 0.00922. The van der Waals surface area contributed by atoms with Gasteiger partial charge in [-0.1, -0.05) is 36.4 Å². The van der Waals surface area contributed by atoms with E-state index < -0.39 is 16.1 Å². The van der Waals surface area contributed by atoms with Crippen LogP contribution in [0.5, 0.6) is 5.75 Å². The number of nitrogens with zero attached hydrogens (tertiary/aromatic N) is 2. The molecule has 1 atom stereocenters. The first-order valence-electron chi connectivity index (χ1n) is 12.0. The number of anilines is 2. The lowest BCUT2D eigenvalue weighted by molar-refractivity contribution is -0.124. The molecule has 1 saturated heterocycles. The summed E-state index contributed by atoms with van der Waals surface area (Å²) in [7, 11) is -3.79. The van der Waals surface area contributed by atoms with Crippen LogP contribution in [0.2, 0.25) is 0 Å². The third-order valence-corrected chi connectivity index (χ3v) is 7.38. The number of amides is 2. The maximum Gasteiger partial charge on any atom is 0.256 e. The van der Waals surface area contributed by atoms with Crippen molar-refractivity contribution < 1.29 is 22.7 Å². The van der Waals surface area contributed by atoms with Gasteiger partial charge in [-0.3, -0.25) is 14.5 Å². The number of ether oxygens (including phenoxy) is 1. The smallest absolute Gasteiger partial charge is 0.256 e. The largest absolute Gasteiger partial charge is 0.494 e. The molecule has 0 aromatic heterocycles. The maximum absolute atomic E-state index is 13.5. The molecule has 198 valence electrons. The summed E-state index contributed by atoms with van der Waals surface area (Å²) in [6, 6.07) is 21.5. The predicted octanol–water partition coefficient (Wildman–Crippen LogP) is 3.31. The number of nitrogens with one attached hydrogen (secondary N) is 1. The molecule has 0 radical (unpaired) electrons. The minimum Gasteiger partial charge on any atom is -0.494 e. The molecule has 1 fully saturated rings. The normalized spacial score (nSPS) is 15.6. The average Bonchev–Trinajstić information content (AvgIpc) is 3.11. The van der Waals surface area contributed by atoms with E-state index in [1.807, 2.05) is 25.1 Å². The zero-order valence-electron chi connectivity index (χ0n) is 20.7. The van der Waals surface area contributed by atoms with Gasteiger partial charge in [0.1, 0.15) is 11.8 Å². The number of para-hydroxylation sites is 1. The average molecular weight is 553 g/mol. The van der Waals surface area contributed by atoms with E-state index in [4.69, 9.17) is 22.1 Å². The lowest BCUT2D eigenvalue weighted by atomic mass is 10.1. The van der Waals surface area contributed by atoms with Crippen LogP contribution >= 0.6 is 12.2 Å². The predicted molar refractivity (Wildman–Crippen MR) is 149 cm³/mol. The zero-order valence-corrected chi connectivity index (χ0v) is 22.4. The van der Waals surface area contributed by atoms with E-state index in [0.717, 1.165) is 5.56 Å². The summed E-state index contributed by atoms with van der Waals surface area (Å²) in [6.07, 6.45) is 0.362. The van der Waals surface area contributed by atoms with Crippen molar-refractivity contribution in [3.05, 3.63) is 84.4 Å². The second kappa shape index (κ2) is 11.7. The Bertz CT molecular complexity index is 1430. The van der Waals surface area contributed by atoms with Gasteiger partial charge in [0.05, 0.1) is 23.6 Å². The van der Waals surface area contributed by atoms with E-state index in [9.17, 15) is 18.0 Å². The molecule has 1 aliphatic heterocycles. The van der Waals surface area contributed by atoms with Crippen molar-refractivity contribution in [2.45, 2.75) is 30.7 Å². The molecule has 0 saturated carbocycles. The highest BCUT2D eigenvalue weighted by molar-refractivity contribution is 7.89. The summed E-state index contributed by atoms with van der Waals surface area (Å²) < 4.78 is 28.6. The number of primary sulfonamides is 1. The molecule has 3 aromatic rings. The van der Waals surface area contributed by atoms with Crippen LogP contribution in [-0.4, -0.2) is 49.4 Å². The molecule has 4 rings (SSSR count). The molecule has 9 nitrogen and oxygen atoms in total. The SMILES string of the molecule is CCOc1cccc(NC(=O)C[C@H]2C(=O)N(c3ccccc3)C(=S)N2CCc2ccc(S(N)(=O)=O)cc2)c1. The first-order chi connectivity index (χ1) is 18.2. The monoisotopic (exact) mass is 552 g/mol. The summed E-state index contributed by atoms with van der Waals surface area (Å²) in [6.45, 7) is 2.72. The van der Waals surface area contributed by atoms with E-state index in [1.165, 1.54) is 17.0 Å². The van der Waals surface area contributed by atoms with E-state index in [-0.39, 0.29) is 23.1 Å². The van der Waals surface area contributed by atoms with E-state index in [0.29, 0.717) is 41.8 Å². The lowest BCUT2D eigenvalue weighted by Gasteiger charge is -2.24. The van der Waals surface area contributed by atoms with Crippen LogP contribution in [0.3, 0.4) is 0 Å². The molecular weight excluding hydrogens is 524 g/mol. The zero-order chi connectivity index (χ0) is 27.3. The Morgan fingerprint density at radius 2 is 1.76 bits per heavy atom. The van der Waals surface area contributed by atoms with Gasteiger partial charge in [0, 0.05) is 18.3 Å². The van der Waals surface area contributed by atoms with Gasteiger partial charge in [-0.05, 0) is 67.5 Å². The second-order valence-corrected chi connectivity index (χ2v) is 10.6. The maximum atomic E-state index is 13.5. The summed E-state index contributed by atoms with van der Waals surface area (Å²) in [4.78, 5) is 29.8. The van der Waals surface area contributed by atoms with Crippen molar-refractivity contribution >= 4 is 50.5 Å². The van der Waals surface area contributed by atoms with Crippen molar-refractivity contribution in [3.8, 4) is 5.75 Å². The fourth-order valence-electron chi connectivity index (χ4n) is 4.22. The molecule has 11 heteroatoms. The van der Waals surface area contributed by atoms with Gasteiger partial charge in [-0.2, -0.15) is 0 Å². The highest BCUT2D eigenvalue weighted by Crippen LogP contribution is 2.28. The van der Waals surface area contributed by atoms with E-state index in [2.05, 4.69) is 5.32 Å². The third kappa shape index (κ3) is 6.36. The molecule has 0 spiro atoms. The summed E-state index contributed by atoms with van der Waals surface area (Å²) in [5, 5.41) is 8.33. The Morgan fingerprint density at radius 1 is 1.05 bits per heavy atom. The van der Waals surface area contributed by atoms with Gasteiger partial charge in [-0.15, -0.1) is 0 Å². The number of hydrogen-bond acceptors (Lipinski definition) is 6. The molecule has 0 bridgehead atoms. The van der Waals surface area contributed by atoms with Crippen molar-refractivity contribution in [1.82, 2.24) is 4.90 Å². The number of sulfonamides is 1. The molecular formula is C27H28N4O5S2. The Balaban J connectivity index is 1.53. The Morgan fingerprint density at radius 3 is 2.42 bits per heavy atom. The summed E-state index contributed by atoms with van der Waals surface area (Å²) >= 11 is 5.70. The van der Waals surface area contributed by atoms with Crippen molar-refractivity contribution in [2.75, 3.05) is 23.4 Å². The van der Waals surface area contributed by atoms with E-state index in [1.54, 1.807) is 53.4 Å². The Kier molecular flexibility index (Phi) is 8.40. The van der Waals surface area contributed by atoms with Crippen LogP contribution < -0.4 is 20.1 Å². The highest BCUT2D eigenvalue weighted by atomic mass is 32.2. The first-order valence-corrected chi connectivity index (χ1v) is 14.0. The fourth-order valence-corrected chi connectivity index (χ4v) is 5.14. The van der Waals surface area contributed by atoms with Crippen LogP contribution in [0, 0.1) is 0 Å². The van der Waals surface area contributed by atoms with Crippen LogP contribution in [-0.2, 0) is 26.0 Å². The van der Waals surface area contributed by atoms with Gasteiger partial charge in [0.25, 0.3) is 5.91 Å².